The van der Waals surface area contributed by atoms with Gasteiger partial charge in [0.1, 0.15) is 12.4 Å². The highest BCUT2D eigenvalue weighted by Gasteiger charge is 2.08. The minimum Gasteiger partial charge on any atom is -0.489 e. The van der Waals surface area contributed by atoms with Gasteiger partial charge < -0.3 is 10.1 Å². The first-order valence-electron chi connectivity index (χ1n) is 7.58. The van der Waals surface area contributed by atoms with Gasteiger partial charge in [-0.1, -0.05) is 47.8 Å². The molecule has 0 fully saturated rings. The van der Waals surface area contributed by atoms with Gasteiger partial charge in [-0.3, -0.25) is 0 Å². The van der Waals surface area contributed by atoms with E-state index in [9.17, 15) is 0 Å². The second kappa shape index (κ2) is 8.79. The highest BCUT2D eigenvalue weighted by molar-refractivity contribution is 6.42. The highest BCUT2D eigenvalue weighted by Crippen LogP contribution is 2.26. The zero-order valence-electron chi connectivity index (χ0n) is 13.2. The summed E-state index contributed by atoms with van der Waals surface area (Å²) in [5.74, 6) is 0.816. The SMILES string of the molecule is CC[C@H](C)NCc1cc(Cl)ccc1OCc1ccc(Cl)c(Cl)c1. The minimum atomic E-state index is 0.425. The van der Waals surface area contributed by atoms with E-state index in [0.717, 1.165) is 23.3 Å². The average Bonchev–Trinajstić information content (AvgIpc) is 2.54. The van der Waals surface area contributed by atoms with Crippen molar-refractivity contribution in [2.75, 3.05) is 0 Å². The molecule has 0 saturated heterocycles. The quantitative estimate of drug-likeness (QED) is 0.632. The summed E-state index contributed by atoms with van der Waals surface area (Å²) in [5.41, 5.74) is 2.01. The van der Waals surface area contributed by atoms with E-state index < -0.39 is 0 Å². The van der Waals surface area contributed by atoms with E-state index in [0.29, 0.717) is 34.3 Å². The molecule has 0 radical (unpaired) electrons. The van der Waals surface area contributed by atoms with Crippen molar-refractivity contribution in [1.29, 1.82) is 0 Å². The van der Waals surface area contributed by atoms with E-state index >= 15 is 0 Å². The topological polar surface area (TPSA) is 21.3 Å². The van der Waals surface area contributed by atoms with Gasteiger partial charge >= 0.3 is 0 Å². The number of halogens is 3. The third-order valence-electron chi connectivity index (χ3n) is 3.65. The van der Waals surface area contributed by atoms with Crippen LogP contribution < -0.4 is 10.1 Å². The van der Waals surface area contributed by atoms with Crippen LogP contribution in [0.25, 0.3) is 0 Å². The van der Waals surface area contributed by atoms with Gasteiger partial charge in [-0.05, 0) is 49.2 Å². The Labute approximate surface area is 152 Å². The maximum Gasteiger partial charge on any atom is 0.124 e. The van der Waals surface area contributed by atoms with Crippen LogP contribution in [0, 0.1) is 0 Å². The van der Waals surface area contributed by atoms with Crippen molar-refractivity contribution in [2.45, 2.75) is 39.5 Å². The van der Waals surface area contributed by atoms with E-state index in [4.69, 9.17) is 39.5 Å². The fourth-order valence-corrected chi connectivity index (χ4v) is 2.56. The lowest BCUT2D eigenvalue weighted by Gasteiger charge is -2.15. The third-order valence-corrected chi connectivity index (χ3v) is 4.63. The molecule has 0 amide bonds. The summed E-state index contributed by atoms with van der Waals surface area (Å²) in [6, 6.07) is 11.6. The van der Waals surface area contributed by atoms with Crippen LogP contribution >= 0.6 is 34.8 Å². The molecule has 23 heavy (non-hydrogen) atoms. The maximum absolute atomic E-state index is 6.11. The molecule has 0 bridgehead atoms. The second-order valence-electron chi connectivity index (χ2n) is 5.48. The predicted octanol–water partition coefficient (Wildman–Crippen LogP) is 6.11. The van der Waals surface area contributed by atoms with Crippen molar-refractivity contribution in [3.05, 3.63) is 62.6 Å². The van der Waals surface area contributed by atoms with Gasteiger partial charge in [0, 0.05) is 23.2 Å². The first-order chi connectivity index (χ1) is 11.0. The van der Waals surface area contributed by atoms with Gasteiger partial charge in [-0.25, -0.2) is 0 Å². The maximum atomic E-state index is 6.11. The van der Waals surface area contributed by atoms with Crippen LogP contribution in [0.1, 0.15) is 31.4 Å². The van der Waals surface area contributed by atoms with Crippen LogP contribution in [0.3, 0.4) is 0 Å². The standard InChI is InChI=1S/C18H20Cl3NO/c1-3-12(2)22-10-14-9-15(19)5-7-18(14)23-11-13-4-6-16(20)17(21)8-13/h4-9,12,22H,3,10-11H2,1-2H3/t12-/m0/s1. The molecule has 2 rings (SSSR count). The van der Waals surface area contributed by atoms with Crippen LogP contribution in [-0.4, -0.2) is 6.04 Å². The van der Waals surface area contributed by atoms with Crippen molar-refractivity contribution >= 4 is 34.8 Å². The number of hydrogen-bond donors (Lipinski definition) is 1. The second-order valence-corrected chi connectivity index (χ2v) is 6.73. The molecule has 1 N–H and O–H groups in total. The van der Waals surface area contributed by atoms with Gasteiger partial charge in [0.25, 0.3) is 0 Å². The van der Waals surface area contributed by atoms with Crippen molar-refractivity contribution in [1.82, 2.24) is 5.32 Å². The van der Waals surface area contributed by atoms with Crippen LogP contribution in [0.4, 0.5) is 0 Å². The van der Waals surface area contributed by atoms with Crippen molar-refractivity contribution in [2.24, 2.45) is 0 Å². The van der Waals surface area contributed by atoms with Crippen LogP contribution in [-0.2, 0) is 13.2 Å². The molecule has 0 spiro atoms. The Kier molecular flexibility index (Phi) is 7.04. The van der Waals surface area contributed by atoms with E-state index in [-0.39, 0.29) is 0 Å². The van der Waals surface area contributed by atoms with Crippen molar-refractivity contribution in [3.63, 3.8) is 0 Å². The lowest BCUT2D eigenvalue weighted by Crippen LogP contribution is -2.24. The van der Waals surface area contributed by atoms with E-state index in [2.05, 4.69) is 19.2 Å². The summed E-state index contributed by atoms with van der Waals surface area (Å²) in [5, 5.41) is 5.23. The van der Waals surface area contributed by atoms with Gasteiger partial charge in [-0.2, -0.15) is 0 Å². The smallest absolute Gasteiger partial charge is 0.124 e. The Morgan fingerprint density at radius 3 is 2.52 bits per heavy atom. The van der Waals surface area contributed by atoms with Crippen LogP contribution in [0.2, 0.25) is 15.1 Å². The summed E-state index contributed by atoms with van der Waals surface area (Å²) < 4.78 is 5.94. The summed E-state index contributed by atoms with van der Waals surface area (Å²) in [6.45, 7) is 5.44. The molecule has 0 unspecified atom stereocenters. The minimum absolute atomic E-state index is 0.425. The molecule has 0 saturated carbocycles. The van der Waals surface area contributed by atoms with Gasteiger partial charge in [-0.15, -0.1) is 0 Å². The largest absolute Gasteiger partial charge is 0.489 e. The molecule has 0 aromatic heterocycles. The van der Waals surface area contributed by atoms with E-state index in [1.54, 1.807) is 6.07 Å². The van der Waals surface area contributed by atoms with Crippen molar-refractivity contribution < 1.29 is 4.74 Å². The molecule has 1 atom stereocenters. The molecular formula is C18H20Cl3NO. The summed E-state index contributed by atoms with van der Waals surface area (Å²) in [4.78, 5) is 0. The monoisotopic (exact) mass is 371 g/mol. The van der Waals surface area contributed by atoms with Gasteiger partial charge in [0.05, 0.1) is 10.0 Å². The molecular weight excluding hydrogens is 353 g/mol. The third kappa shape index (κ3) is 5.58. The summed E-state index contributed by atoms with van der Waals surface area (Å²) in [7, 11) is 0. The molecule has 2 aromatic rings. The molecule has 0 aliphatic heterocycles. The molecule has 5 heteroatoms. The Morgan fingerprint density at radius 2 is 1.83 bits per heavy atom. The molecule has 2 nitrogen and oxygen atoms in total. The summed E-state index contributed by atoms with van der Waals surface area (Å²) in [6.07, 6.45) is 1.07. The van der Waals surface area contributed by atoms with Crippen LogP contribution in [0.15, 0.2) is 36.4 Å². The molecule has 2 aromatic carbocycles. The lowest BCUT2D eigenvalue weighted by molar-refractivity contribution is 0.301. The number of hydrogen-bond acceptors (Lipinski definition) is 2. The fourth-order valence-electron chi connectivity index (χ4n) is 2.05. The first-order valence-corrected chi connectivity index (χ1v) is 8.71. The number of nitrogens with one attached hydrogen (secondary N) is 1. The normalized spacial score (nSPS) is 12.2. The Hall–Kier alpha value is -0.930. The lowest BCUT2D eigenvalue weighted by atomic mass is 10.1. The predicted molar refractivity (Wildman–Crippen MR) is 98.8 cm³/mol. The number of benzene rings is 2. The summed E-state index contributed by atoms with van der Waals surface area (Å²) >= 11 is 18.1. The van der Waals surface area contributed by atoms with Gasteiger partial charge in [0.2, 0.25) is 0 Å². The van der Waals surface area contributed by atoms with E-state index in [1.807, 2.05) is 30.3 Å². The van der Waals surface area contributed by atoms with Crippen LogP contribution in [0.5, 0.6) is 5.75 Å². The average molecular weight is 373 g/mol. The molecule has 0 aliphatic rings. The van der Waals surface area contributed by atoms with Crippen molar-refractivity contribution in [3.8, 4) is 5.75 Å². The number of rotatable bonds is 7. The Balaban J connectivity index is 2.07. The molecule has 0 heterocycles. The molecule has 124 valence electrons. The Morgan fingerprint density at radius 1 is 1.04 bits per heavy atom. The fraction of sp³-hybridized carbons (Fsp3) is 0.333. The van der Waals surface area contributed by atoms with Gasteiger partial charge in [0.15, 0.2) is 0 Å². The Bertz CT molecular complexity index is 661. The number of ether oxygens (including phenoxy) is 1. The first kappa shape index (κ1) is 18.4. The zero-order valence-corrected chi connectivity index (χ0v) is 15.5. The highest BCUT2D eigenvalue weighted by atomic mass is 35.5. The zero-order chi connectivity index (χ0) is 16.8. The van der Waals surface area contributed by atoms with E-state index in [1.165, 1.54) is 0 Å². The molecule has 0 aliphatic carbocycles.